The van der Waals surface area contributed by atoms with E-state index in [0.717, 1.165) is 55.5 Å². The summed E-state index contributed by atoms with van der Waals surface area (Å²) < 4.78 is 12.9. The number of hydrogen-bond donors (Lipinski definition) is 2. The number of piperidine rings is 1. The number of imidazole rings is 1. The number of rotatable bonds is 7. The molecule has 0 radical (unpaired) electrons. The highest BCUT2D eigenvalue weighted by molar-refractivity contribution is 6.32. The van der Waals surface area contributed by atoms with E-state index in [1.807, 2.05) is 16.7 Å². The normalized spacial score (nSPS) is 19.4. The van der Waals surface area contributed by atoms with Crippen molar-refractivity contribution in [1.82, 2.24) is 20.0 Å². The summed E-state index contributed by atoms with van der Waals surface area (Å²) in [6.45, 7) is 5.55. The quantitative estimate of drug-likeness (QED) is 0.548. The van der Waals surface area contributed by atoms with E-state index in [4.69, 9.17) is 26.1 Å². The smallest absolute Gasteiger partial charge is 0.141 e. The Kier molecular flexibility index (Phi) is 6.62. The highest BCUT2D eigenvalue weighted by Gasteiger charge is 2.24. The highest BCUT2D eigenvalue weighted by Crippen LogP contribution is 2.38. The number of ether oxygens (including phenoxy) is 2. The van der Waals surface area contributed by atoms with Crippen LogP contribution in [0.25, 0.3) is 16.9 Å². The lowest BCUT2D eigenvalue weighted by Gasteiger charge is -2.25. The van der Waals surface area contributed by atoms with E-state index in [0.29, 0.717) is 22.6 Å². The van der Waals surface area contributed by atoms with Crippen LogP contribution in [0.4, 0.5) is 5.69 Å². The average Bonchev–Trinajstić information content (AvgIpc) is 3.50. The molecule has 2 aliphatic heterocycles. The molecule has 2 aliphatic rings. The first kappa shape index (κ1) is 22.3. The number of hydrogen-bond acceptors (Lipinski definition) is 6. The Labute approximate surface area is 200 Å². The summed E-state index contributed by atoms with van der Waals surface area (Å²) in [7, 11) is 3.24. The van der Waals surface area contributed by atoms with Gasteiger partial charge in [0.05, 0.1) is 24.9 Å². The summed E-state index contributed by atoms with van der Waals surface area (Å²) in [5.74, 6) is 2.08. The summed E-state index contributed by atoms with van der Waals surface area (Å²) >= 11 is 6.38. The topological polar surface area (TPSA) is 63.1 Å². The van der Waals surface area contributed by atoms with Crippen molar-refractivity contribution in [1.29, 1.82) is 0 Å². The first-order valence-corrected chi connectivity index (χ1v) is 12.1. The molecule has 176 valence electrons. The fourth-order valence-corrected chi connectivity index (χ4v) is 5.18. The van der Waals surface area contributed by atoms with Crippen LogP contribution in [0.15, 0.2) is 36.7 Å². The van der Waals surface area contributed by atoms with Gasteiger partial charge in [0.25, 0.3) is 0 Å². The third kappa shape index (κ3) is 4.76. The van der Waals surface area contributed by atoms with Crippen molar-refractivity contribution in [3.63, 3.8) is 0 Å². The summed E-state index contributed by atoms with van der Waals surface area (Å²) in [5, 5.41) is 7.80. The summed E-state index contributed by atoms with van der Waals surface area (Å²) in [6, 6.07) is 8.54. The second kappa shape index (κ2) is 9.79. The molecule has 5 rings (SSSR count). The zero-order valence-electron chi connectivity index (χ0n) is 19.3. The number of nitrogens with one attached hydrogen (secondary N) is 2. The van der Waals surface area contributed by atoms with Gasteiger partial charge in [-0.3, -0.25) is 0 Å². The van der Waals surface area contributed by atoms with E-state index in [9.17, 15) is 0 Å². The molecule has 1 aromatic carbocycles. The van der Waals surface area contributed by atoms with Crippen LogP contribution in [-0.2, 0) is 0 Å². The maximum atomic E-state index is 6.38. The Hall–Kier alpha value is -2.48. The molecule has 0 spiro atoms. The van der Waals surface area contributed by atoms with Gasteiger partial charge in [-0.25, -0.2) is 4.98 Å². The zero-order valence-corrected chi connectivity index (χ0v) is 20.1. The summed E-state index contributed by atoms with van der Waals surface area (Å²) in [5.41, 5.74) is 3.78. The molecule has 33 heavy (non-hydrogen) atoms. The maximum Gasteiger partial charge on any atom is 0.141 e. The SMILES string of the molecule is COc1cc(OC)c(-c2cn3ccc(N4CCC(NCC5CCNCC5)C4)cc3n2)cc1Cl. The van der Waals surface area contributed by atoms with Gasteiger partial charge in [-0.1, -0.05) is 11.6 Å². The maximum absolute atomic E-state index is 6.38. The van der Waals surface area contributed by atoms with Crippen molar-refractivity contribution in [2.24, 2.45) is 5.92 Å². The number of benzene rings is 1. The fraction of sp³-hybridized carbons (Fsp3) is 0.480. The molecular weight excluding hydrogens is 438 g/mol. The monoisotopic (exact) mass is 469 g/mol. The molecule has 0 aliphatic carbocycles. The lowest BCUT2D eigenvalue weighted by atomic mass is 9.98. The number of pyridine rings is 1. The number of nitrogens with zero attached hydrogens (tertiary/aromatic N) is 3. The number of anilines is 1. The molecule has 8 heteroatoms. The van der Waals surface area contributed by atoms with Crippen LogP contribution >= 0.6 is 11.6 Å². The minimum atomic E-state index is 0.533. The Balaban J connectivity index is 1.30. The van der Waals surface area contributed by atoms with Gasteiger partial charge in [0, 0.05) is 54.9 Å². The number of aromatic nitrogens is 2. The van der Waals surface area contributed by atoms with Crippen LogP contribution in [0.2, 0.25) is 5.02 Å². The Bertz CT molecular complexity index is 1110. The predicted octanol–water partition coefficient (Wildman–Crippen LogP) is 3.84. The molecule has 7 nitrogen and oxygen atoms in total. The van der Waals surface area contributed by atoms with Crippen molar-refractivity contribution in [2.75, 3.05) is 51.8 Å². The molecule has 0 amide bonds. The first-order valence-electron chi connectivity index (χ1n) is 11.7. The van der Waals surface area contributed by atoms with Gasteiger partial charge in [-0.15, -0.1) is 0 Å². The molecule has 3 aromatic rings. The van der Waals surface area contributed by atoms with Crippen LogP contribution in [0, 0.1) is 5.92 Å². The number of methoxy groups -OCH3 is 2. The van der Waals surface area contributed by atoms with Gasteiger partial charge in [0.1, 0.15) is 17.1 Å². The third-order valence-corrected chi connectivity index (χ3v) is 7.20. The van der Waals surface area contributed by atoms with Crippen LogP contribution in [0.3, 0.4) is 0 Å². The first-order chi connectivity index (χ1) is 16.1. The molecule has 2 aromatic heterocycles. The minimum Gasteiger partial charge on any atom is -0.496 e. The van der Waals surface area contributed by atoms with Crippen molar-refractivity contribution < 1.29 is 9.47 Å². The van der Waals surface area contributed by atoms with E-state index in [1.54, 1.807) is 20.3 Å². The lowest BCUT2D eigenvalue weighted by Crippen LogP contribution is -2.39. The van der Waals surface area contributed by atoms with E-state index >= 15 is 0 Å². The molecule has 0 bridgehead atoms. The standard InChI is InChI=1S/C25H32ClN5O2/c1-32-23-13-24(33-2)21(26)12-20(23)22-16-31-10-6-19(11-25(31)29-22)30-9-5-18(15-30)28-14-17-3-7-27-8-4-17/h6,10-13,16-18,27-28H,3-5,7-9,14-15H2,1-2H3. The van der Waals surface area contributed by atoms with Crippen molar-refractivity contribution in [3.8, 4) is 22.8 Å². The molecule has 2 fully saturated rings. The molecule has 2 saturated heterocycles. The van der Waals surface area contributed by atoms with Crippen molar-refractivity contribution in [2.45, 2.75) is 25.3 Å². The zero-order chi connectivity index (χ0) is 22.8. The van der Waals surface area contributed by atoms with E-state index in [-0.39, 0.29) is 0 Å². The molecule has 1 atom stereocenters. The fourth-order valence-electron chi connectivity index (χ4n) is 4.94. The minimum absolute atomic E-state index is 0.533. The average molecular weight is 470 g/mol. The molecule has 1 unspecified atom stereocenters. The van der Waals surface area contributed by atoms with E-state index in [2.05, 4.69) is 33.9 Å². The van der Waals surface area contributed by atoms with Crippen molar-refractivity contribution in [3.05, 3.63) is 41.7 Å². The van der Waals surface area contributed by atoms with Gasteiger partial charge in [0.2, 0.25) is 0 Å². The van der Waals surface area contributed by atoms with Gasteiger partial charge in [0.15, 0.2) is 0 Å². The Morgan fingerprint density at radius 1 is 1.12 bits per heavy atom. The van der Waals surface area contributed by atoms with Gasteiger partial charge in [-0.05, 0) is 56.9 Å². The molecular formula is C25H32ClN5O2. The number of halogens is 1. The number of fused-ring (bicyclic) bond motifs is 1. The van der Waals surface area contributed by atoms with Gasteiger partial charge < -0.3 is 29.4 Å². The molecule has 0 saturated carbocycles. The third-order valence-electron chi connectivity index (χ3n) is 6.90. The van der Waals surface area contributed by atoms with E-state index in [1.165, 1.54) is 24.9 Å². The van der Waals surface area contributed by atoms with Crippen LogP contribution in [0.5, 0.6) is 11.5 Å². The van der Waals surface area contributed by atoms with Crippen LogP contribution in [-0.4, -0.2) is 62.4 Å². The summed E-state index contributed by atoms with van der Waals surface area (Å²) in [6.07, 6.45) is 7.83. The second-order valence-corrected chi connectivity index (χ2v) is 9.40. The predicted molar refractivity (Wildman–Crippen MR) is 133 cm³/mol. The van der Waals surface area contributed by atoms with Crippen LogP contribution in [0.1, 0.15) is 19.3 Å². The molecule has 4 heterocycles. The van der Waals surface area contributed by atoms with Gasteiger partial charge in [-0.2, -0.15) is 0 Å². The van der Waals surface area contributed by atoms with E-state index < -0.39 is 0 Å². The molecule has 2 N–H and O–H groups in total. The van der Waals surface area contributed by atoms with Gasteiger partial charge >= 0.3 is 0 Å². The largest absolute Gasteiger partial charge is 0.496 e. The highest BCUT2D eigenvalue weighted by atomic mass is 35.5. The summed E-state index contributed by atoms with van der Waals surface area (Å²) in [4.78, 5) is 7.33. The second-order valence-electron chi connectivity index (χ2n) is 9.00. The van der Waals surface area contributed by atoms with Crippen LogP contribution < -0.4 is 25.0 Å². The Morgan fingerprint density at radius 2 is 1.94 bits per heavy atom. The van der Waals surface area contributed by atoms with Crippen molar-refractivity contribution >= 4 is 22.9 Å². The lowest BCUT2D eigenvalue weighted by molar-refractivity contribution is 0.343. The Morgan fingerprint density at radius 3 is 2.73 bits per heavy atom.